The van der Waals surface area contributed by atoms with Gasteiger partial charge in [-0.15, -0.1) is 0 Å². The SMILES string of the molecule is [O-]P(O)(O)=[S+]c1ccc(Cl)cc1Cl. The predicted molar refractivity (Wildman–Crippen MR) is 53.5 cm³/mol. The van der Waals surface area contributed by atoms with Gasteiger partial charge in [-0.3, -0.25) is 0 Å². The van der Waals surface area contributed by atoms with Crippen LogP contribution in [0.5, 0.6) is 0 Å². The Kier molecular flexibility index (Phi) is 3.72. The second-order valence-corrected chi connectivity index (χ2v) is 6.58. The molecule has 0 aliphatic carbocycles. The number of benzene rings is 1. The zero-order valence-electron chi connectivity index (χ0n) is 6.15. The number of hydrogen-bond acceptors (Lipinski definition) is 1. The molecule has 72 valence electrons. The lowest BCUT2D eigenvalue weighted by atomic mass is 10.4. The van der Waals surface area contributed by atoms with Crippen LogP contribution in [0, 0.1) is 0 Å². The van der Waals surface area contributed by atoms with Gasteiger partial charge in [-0.1, -0.05) is 23.2 Å². The van der Waals surface area contributed by atoms with Crippen molar-refractivity contribution >= 4 is 40.9 Å². The molecule has 2 N–H and O–H groups in total. The van der Waals surface area contributed by atoms with Gasteiger partial charge >= 0.3 is 6.72 Å². The molecule has 0 aliphatic heterocycles. The van der Waals surface area contributed by atoms with E-state index in [1.165, 1.54) is 18.2 Å². The minimum atomic E-state index is -4.14. The Labute approximate surface area is 88.8 Å². The average Bonchev–Trinajstić information content (AvgIpc) is 1.93. The van der Waals surface area contributed by atoms with Gasteiger partial charge in [-0.2, -0.15) is 0 Å². The van der Waals surface area contributed by atoms with Gasteiger partial charge in [0.25, 0.3) is 0 Å². The lowest BCUT2D eigenvalue weighted by Crippen LogP contribution is -1.98. The van der Waals surface area contributed by atoms with Crippen LogP contribution in [0.1, 0.15) is 0 Å². The Morgan fingerprint density at radius 3 is 2.38 bits per heavy atom. The molecule has 1 rings (SSSR count). The maximum Gasteiger partial charge on any atom is 0.321 e. The summed E-state index contributed by atoms with van der Waals surface area (Å²) in [6, 6.07) is 4.42. The monoisotopic (exact) mass is 258 g/mol. The van der Waals surface area contributed by atoms with Crippen molar-refractivity contribution in [2.24, 2.45) is 0 Å². The van der Waals surface area contributed by atoms with Gasteiger partial charge in [0, 0.05) is 11.1 Å². The fraction of sp³-hybridized carbons (Fsp3) is 0. The molecule has 0 aliphatic rings. The van der Waals surface area contributed by atoms with E-state index in [1.54, 1.807) is 0 Å². The van der Waals surface area contributed by atoms with Crippen molar-refractivity contribution in [2.45, 2.75) is 4.90 Å². The Hall–Kier alpha value is 0.330. The molecule has 3 nitrogen and oxygen atoms in total. The van der Waals surface area contributed by atoms with Gasteiger partial charge in [0.15, 0.2) is 0 Å². The molecule has 1 aromatic rings. The van der Waals surface area contributed by atoms with Crippen LogP contribution in [0.25, 0.3) is 0 Å². The van der Waals surface area contributed by atoms with Crippen LogP contribution >= 0.6 is 29.9 Å². The molecule has 1 aromatic carbocycles. The summed E-state index contributed by atoms with van der Waals surface area (Å²) in [6.07, 6.45) is 0. The standard InChI is InChI=1S/C6H5Cl2O3PS/c7-4-1-2-6(5(8)3-4)13-12(9,10)11/h1-3H,(H2-,9,10,11). The summed E-state index contributed by atoms with van der Waals surface area (Å²) in [5, 5.41) is 0.667. The Balaban J connectivity index is 3.18. The third kappa shape index (κ3) is 3.92. The number of hydrogen-bond donors (Lipinski definition) is 2. The summed E-state index contributed by atoms with van der Waals surface area (Å²) in [7, 11) is 0.412. The summed E-state index contributed by atoms with van der Waals surface area (Å²) >= 11 is 11.3. The van der Waals surface area contributed by atoms with E-state index in [0.29, 0.717) is 20.9 Å². The first kappa shape index (κ1) is 11.4. The molecule has 0 amide bonds. The zero-order valence-corrected chi connectivity index (χ0v) is 9.37. The molecule has 0 atom stereocenters. The first-order chi connectivity index (χ1) is 5.88. The Morgan fingerprint density at radius 2 is 1.92 bits per heavy atom. The largest absolute Gasteiger partial charge is 0.742 e. The second kappa shape index (κ2) is 4.24. The van der Waals surface area contributed by atoms with Crippen molar-refractivity contribution in [1.29, 1.82) is 0 Å². The van der Waals surface area contributed by atoms with Crippen molar-refractivity contribution in [3.63, 3.8) is 0 Å². The van der Waals surface area contributed by atoms with Crippen LogP contribution in [0.2, 0.25) is 10.0 Å². The quantitative estimate of drug-likeness (QED) is 0.592. The molecule has 13 heavy (non-hydrogen) atoms. The first-order valence-corrected chi connectivity index (χ1v) is 6.88. The Bertz CT molecular complexity index is 368. The van der Waals surface area contributed by atoms with Crippen LogP contribution in [0.4, 0.5) is 0 Å². The topological polar surface area (TPSA) is 63.5 Å². The summed E-state index contributed by atoms with van der Waals surface area (Å²) < 4.78 is 0. The number of halogens is 2. The molecule has 0 spiro atoms. The van der Waals surface area contributed by atoms with E-state index in [9.17, 15) is 4.89 Å². The third-order valence-corrected chi connectivity index (χ3v) is 3.87. The second-order valence-electron chi connectivity index (χ2n) is 2.16. The molecular formula is C6H5Cl2O3PS. The van der Waals surface area contributed by atoms with E-state index in [-0.39, 0.29) is 5.02 Å². The fourth-order valence-corrected chi connectivity index (χ4v) is 3.14. The highest BCUT2D eigenvalue weighted by Gasteiger charge is 2.15. The predicted octanol–water partition coefficient (Wildman–Crippen LogP) is 1.46. The van der Waals surface area contributed by atoms with Crippen molar-refractivity contribution in [3.8, 4) is 0 Å². The molecule has 0 unspecified atom stereocenters. The van der Waals surface area contributed by atoms with Gasteiger partial charge in [0.1, 0.15) is 5.02 Å². The van der Waals surface area contributed by atoms with E-state index >= 15 is 0 Å². The van der Waals surface area contributed by atoms with Crippen LogP contribution in [0.3, 0.4) is 0 Å². The smallest absolute Gasteiger partial charge is 0.321 e. The molecule has 0 radical (unpaired) electrons. The maximum atomic E-state index is 10.6. The highest BCUT2D eigenvalue weighted by molar-refractivity contribution is 8.16. The van der Waals surface area contributed by atoms with Gasteiger partial charge in [-0.05, 0) is 12.1 Å². The molecule has 0 heterocycles. The van der Waals surface area contributed by atoms with Gasteiger partial charge in [-0.25, -0.2) is 0 Å². The fourth-order valence-electron chi connectivity index (χ4n) is 0.677. The zero-order chi connectivity index (χ0) is 10.1. The van der Waals surface area contributed by atoms with Gasteiger partial charge in [0.2, 0.25) is 15.8 Å². The third-order valence-electron chi connectivity index (χ3n) is 1.11. The summed E-state index contributed by atoms with van der Waals surface area (Å²) in [6.45, 7) is -4.14. The van der Waals surface area contributed by atoms with Crippen LogP contribution in [0.15, 0.2) is 23.1 Å². The summed E-state index contributed by atoms with van der Waals surface area (Å²) in [4.78, 5) is 28.2. The van der Waals surface area contributed by atoms with Gasteiger partial charge < -0.3 is 14.7 Å². The molecule has 0 saturated carbocycles. The van der Waals surface area contributed by atoms with Gasteiger partial charge in [0.05, 0.1) is 0 Å². The van der Waals surface area contributed by atoms with Crippen LogP contribution in [-0.4, -0.2) is 9.79 Å². The first-order valence-electron chi connectivity index (χ1n) is 3.09. The maximum absolute atomic E-state index is 10.6. The van der Waals surface area contributed by atoms with E-state index in [4.69, 9.17) is 33.0 Å². The van der Waals surface area contributed by atoms with Crippen LogP contribution in [-0.2, 0) is 10.9 Å². The summed E-state index contributed by atoms with van der Waals surface area (Å²) in [5.41, 5.74) is 0. The minimum absolute atomic E-state index is 0.237. The molecule has 0 aromatic heterocycles. The van der Waals surface area contributed by atoms with E-state index in [0.717, 1.165) is 0 Å². The average molecular weight is 259 g/mol. The van der Waals surface area contributed by atoms with Crippen LogP contribution < -0.4 is 4.89 Å². The minimum Gasteiger partial charge on any atom is -0.742 e. The lowest BCUT2D eigenvalue weighted by molar-refractivity contribution is -0.196. The molecule has 0 saturated heterocycles. The Morgan fingerprint density at radius 1 is 1.31 bits per heavy atom. The molecule has 0 bridgehead atoms. The highest BCUT2D eigenvalue weighted by Crippen LogP contribution is 2.31. The molecule has 7 heteroatoms. The highest BCUT2D eigenvalue weighted by atomic mass is 35.5. The van der Waals surface area contributed by atoms with E-state index < -0.39 is 6.72 Å². The molecular weight excluding hydrogens is 254 g/mol. The van der Waals surface area contributed by atoms with Crippen molar-refractivity contribution in [2.75, 3.05) is 0 Å². The van der Waals surface area contributed by atoms with Crippen molar-refractivity contribution in [3.05, 3.63) is 28.2 Å². The normalized spacial score (nSPS) is 11.5. The lowest BCUT2D eigenvalue weighted by Gasteiger charge is -2.01. The molecule has 0 fully saturated rings. The van der Waals surface area contributed by atoms with Crippen molar-refractivity contribution in [1.82, 2.24) is 0 Å². The van der Waals surface area contributed by atoms with Crippen molar-refractivity contribution < 1.29 is 14.7 Å². The number of rotatable bonds is 1. The summed E-state index contributed by atoms with van der Waals surface area (Å²) in [5.74, 6) is 0. The van der Waals surface area contributed by atoms with E-state index in [2.05, 4.69) is 0 Å². The van der Waals surface area contributed by atoms with E-state index in [1.807, 2.05) is 0 Å².